The monoisotopic (exact) mass is 265 g/mol. The highest BCUT2D eigenvalue weighted by Crippen LogP contribution is 2.31. The first-order chi connectivity index (χ1) is 8.66. The van der Waals surface area contributed by atoms with Crippen LogP contribution in [0.5, 0.6) is 0 Å². The Bertz CT molecular complexity index is 575. The third-order valence-electron chi connectivity index (χ3n) is 3.59. The normalized spacial score (nSPS) is 21.6. The van der Waals surface area contributed by atoms with Crippen molar-refractivity contribution in [3.8, 4) is 0 Å². The second-order valence-electron chi connectivity index (χ2n) is 4.77. The van der Waals surface area contributed by atoms with Crippen molar-refractivity contribution in [1.82, 2.24) is 9.55 Å². The van der Waals surface area contributed by atoms with E-state index in [0.29, 0.717) is 11.0 Å². The molecule has 2 atom stereocenters. The predicted molar refractivity (Wildman–Crippen MR) is 72.8 cm³/mol. The highest BCUT2D eigenvalue weighted by atomic mass is 35.5. The number of benzene rings is 1. The smallest absolute Gasteiger partial charge is 0.201 e. The lowest BCUT2D eigenvalue weighted by atomic mass is 10.1. The van der Waals surface area contributed by atoms with Crippen LogP contribution in [-0.4, -0.2) is 22.3 Å². The average molecular weight is 266 g/mol. The Labute approximate surface area is 111 Å². The van der Waals surface area contributed by atoms with Crippen LogP contribution in [0.3, 0.4) is 0 Å². The number of hydrogen-bond acceptors (Lipinski definition) is 3. The zero-order chi connectivity index (χ0) is 12.7. The largest absolute Gasteiger partial charge is 0.376 e. The zero-order valence-corrected chi connectivity index (χ0v) is 11.0. The van der Waals surface area contributed by atoms with Gasteiger partial charge in [-0.25, -0.2) is 4.98 Å². The maximum absolute atomic E-state index is 6.05. The Morgan fingerprint density at radius 1 is 1.56 bits per heavy atom. The van der Waals surface area contributed by atoms with Gasteiger partial charge >= 0.3 is 0 Å². The van der Waals surface area contributed by atoms with Crippen LogP contribution in [0.1, 0.15) is 25.8 Å². The number of aromatic nitrogens is 2. The second kappa shape index (κ2) is 4.44. The highest BCUT2D eigenvalue weighted by Gasteiger charge is 2.26. The van der Waals surface area contributed by atoms with Gasteiger partial charge in [0.05, 0.1) is 23.2 Å². The third kappa shape index (κ3) is 1.85. The van der Waals surface area contributed by atoms with E-state index in [1.807, 2.05) is 22.8 Å². The lowest BCUT2D eigenvalue weighted by molar-refractivity contribution is 0.0751. The molecular formula is C13H16ClN3O. The van der Waals surface area contributed by atoms with E-state index in [1.165, 1.54) is 0 Å². The molecule has 0 spiro atoms. The minimum atomic E-state index is 0.177. The molecule has 4 nitrogen and oxygen atoms in total. The summed E-state index contributed by atoms with van der Waals surface area (Å²) < 4.78 is 7.76. The summed E-state index contributed by atoms with van der Waals surface area (Å²) in [6.45, 7) is 2.96. The lowest BCUT2D eigenvalue weighted by Gasteiger charge is -2.21. The number of halogens is 1. The molecule has 1 aliphatic rings. The van der Waals surface area contributed by atoms with Crippen LogP contribution in [0.15, 0.2) is 18.2 Å². The molecule has 2 unspecified atom stereocenters. The molecule has 2 N–H and O–H groups in total. The standard InChI is InChI=1S/C13H16ClN3O/c1-8(12-3-2-6-18-12)17-11-7-9(14)4-5-10(11)16-13(17)15/h4-5,7-8,12H,2-3,6H2,1H3,(H2,15,16). The van der Waals surface area contributed by atoms with E-state index in [0.717, 1.165) is 30.5 Å². The van der Waals surface area contributed by atoms with Gasteiger partial charge in [0.1, 0.15) is 0 Å². The fourth-order valence-electron chi connectivity index (χ4n) is 2.66. The Morgan fingerprint density at radius 3 is 3.11 bits per heavy atom. The van der Waals surface area contributed by atoms with Gasteiger partial charge in [-0.15, -0.1) is 0 Å². The van der Waals surface area contributed by atoms with Crippen molar-refractivity contribution in [1.29, 1.82) is 0 Å². The number of anilines is 1. The fourth-order valence-corrected chi connectivity index (χ4v) is 2.83. The van der Waals surface area contributed by atoms with Crippen LogP contribution in [0.25, 0.3) is 11.0 Å². The molecule has 1 aromatic carbocycles. The van der Waals surface area contributed by atoms with Gasteiger partial charge < -0.3 is 15.0 Å². The van der Waals surface area contributed by atoms with Gasteiger partial charge in [0.2, 0.25) is 5.95 Å². The molecule has 2 aromatic rings. The van der Waals surface area contributed by atoms with E-state index in [4.69, 9.17) is 22.1 Å². The Kier molecular flexibility index (Phi) is 2.92. The molecule has 0 amide bonds. The van der Waals surface area contributed by atoms with Gasteiger partial charge in [-0.3, -0.25) is 0 Å². The molecule has 3 rings (SSSR count). The van der Waals surface area contributed by atoms with E-state index in [9.17, 15) is 0 Å². The van der Waals surface area contributed by atoms with Gasteiger partial charge in [-0.1, -0.05) is 11.6 Å². The van der Waals surface area contributed by atoms with Crippen LogP contribution >= 0.6 is 11.6 Å². The minimum Gasteiger partial charge on any atom is -0.376 e. The average Bonchev–Trinajstić information content (AvgIpc) is 2.94. The second-order valence-corrected chi connectivity index (χ2v) is 5.20. The van der Waals surface area contributed by atoms with E-state index < -0.39 is 0 Å². The number of ether oxygens (including phenoxy) is 1. The molecule has 1 fully saturated rings. The molecule has 0 bridgehead atoms. The van der Waals surface area contributed by atoms with Crippen molar-refractivity contribution in [2.75, 3.05) is 12.3 Å². The molecular weight excluding hydrogens is 250 g/mol. The minimum absolute atomic E-state index is 0.177. The summed E-state index contributed by atoms with van der Waals surface area (Å²) in [6, 6.07) is 5.81. The number of fused-ring (bicyclic) bond motifs is 1. The number of nitrogens with two attached hydrogens (primary N) is 1. The summed E-state index contributed by atoms with van der Waals surface area (Å²) in [5, 5.41) is 0.697. The SMILES string of the molecule is CC(C1CCCO1)n1c(N)nc2ccc(Cl)cc21. The molecule has 1 saturated heterocycles. The van der Waals surface area contributed by atoms with Gasteiger partial charge in [-0.05, 0) is 38.0 Å². The molecule has 1 aliphatic heterocycles. The van der Waals surface area contributed by atoms with Crippen LogP contribution in [0.4, 0.5) is 5.95 Å². The molecule has 2 heterocycles. The Morgan fingerprint density at radius 2 is 2.39 bits per heavy atom. The summed E-state index contributed by atoms with van der Waals surface area (Å²) in [6.07, 6.45) is 2.40. The third-order valence-corrected chi connectivity index (χ3v) is 3.82. The molecule has 0 saturated carbocycles. The number of nitrogen functional groups attached to an aromatic ring is 1. The van der Waals surface area contributed by atoms with E-state index in [1.54, 1.807) is 0 Å². The van der Waals surface area contributed by atoms with Crippen LogP contribution in [0.2, 0.25) is 5.02 Å². The van der Waals surface area contributed by atoms with E-state index >= 15 is 0 Å². The van der Waals surface area contributed by atoms with Crippen molar-refractivity contribution < 1.29 is 4.74 Å². The van der Waals surface area contributed by atoms with Gasteiger partial charge in [0.25, 0.3) is 0 Å². The fraction of sp³-hybridized carbons (Fsp3) is 0.462. The van der Waals surface area contributed by atoms with Crippen molar-refractivity contribution in [3.63, 3.8) is 0 Å². The summed E-state index contributed by atoms with van der Waals surface area (Å²) in [7, 11) is 0. The zero-order valence-electron chi connectivity index (χ0n) is 10.3. The summed E-state index contributed by atoms with van der Waals surface area (Å²) in [5.74, 6) is 0.523. The van der Waals surface area contributed by atoms with Gasteiger partial charge in [0.15, 0.2) is 0 Å². The molecule has 18 heavy (non-hydrogen) atoms. The molecule has 0 radical (unpaired) electrons. The Hall–Kier alpha value is -1.26. The topological polar surface area (TPSA) is 53.1 Å². The van der Waals surface area contributed by atoms with Gasteiger partial charge in [-0.2, -0.15) is 0 Å². The van der Waals surface area contributed by atoms with Gasteiger partial charge in [0, 0.05) is 11.6 Å². The lowest BCUT2D eigenvalue weighted by Crippen LogP contribution is -2.22. The number of nitrogens with zero attached hydrogens (tertiary/aromatic N) is 2. The van der Waals surface area contributed by atoms with Crippen LogP contribution in [-0.2, 0) is 4.74 Å². The highest BCUT2D eigenvalue weighted by molar-refractivity contribution is 6.31. The first-order valence-electron chi connectivity index (χ1n) is 6.21. The summed E-state index contributed by atoms with van der Waals surface area (Å²) in [5.41, 5.74) is 7.88. The van der Waals surface area contributed by atoms with Crippen LogP contribution < -0.4 is 5.73 Å². The quantitative estimate of drug-likeness (QED) is 0.908. The molecule has 0 aliphatic carbocycles. The van der Waals surface area contributed by atoms with E-state index in [2.05, 4.69) is 11.9 Å². The van der Waals surface area contributed by atoms with E-state index in [-0.39, 0.29) is 12.1 Å². The van der Waals surface area contributed by atoms with Crippen molar-refractivity contribution >= 4 is 28.6 Å². The van der Waals surface area contributed by atoms with Crippen molar-refractivity contribution in [3.05, 3.63) is 23.2 Å². The predicted octanol–water partition coefficient (Wildman–Crippen LogP) is 3.01. The number of imidazole rings is 1. The molecule has 5 heteroatoms. The number of rotatable bonds is 2. The Balaban J connectivity index is 2.09. The summed E-state index contributed by atoms with van der Waals surface area (Å²) in [4.78, 5) is 4.37. The van der Waals surface area contributed by atoms with Crippen LogP contribution in [0, 0.1) is 0 Å². The molecule has 96 valence electrons. The number of hydrogen-bond donors (Lipinski definition) is 1. The first-order valence-corrected chi connectivity index (χ1v) is 6.59. The van der Waals surface area contributed by atoms with Crippen molar-refractivity contribution in [2.24, 2.45) is 0 Å². The van der Waals surface area contributed by atoms with Crippen molar-refractivity contribution in [2.45, 2.75) is 31.9 Å². The first kappa shape index (κ1) is 11.8. The molecule has 1 aromatic heterocycles. The summed E-state index contributed by atoms with van der Waals surface area (Å²) >= 11 is 6.05. The maximum Gasteiger partial charge on any atom is 0.201 e. The maximum atomic E-state index is 6.05.